The third-order valence-electron chi connectivity index (χ3n) is 6.73. The van der Waals surface area contributed by atoms with E-state index in [0.717, 1.165) is 64.5 Å². The Labute approximate surface area is 202 Å². The molecule has 2 aromatic rings. The smallest absolute Gasteiger partial charge is 0.279 e. The Bertz CT molecular complexity index is 1300. The van der Waals surface area contributed by atoms with Crippen molar-refractivity contribution in [1.29, 1.82) is 0 Å². The number of unbranched alkanes of at least 4 members (excludes halogenated alkanes) is 1. The molecule has 3 aliphatic rings. The van der Waals surface area contributed by atoms with E-state index < -0.39 is 0 Å². The minimum Gasteiger partial charge on any atom is -0.337 e. The summed E-state index contributed by atoms with van der Waals surface area (Å²) in [5.74, 6) is -0.0434. The number of hydrogen-bond donors (Lipinski definition) is 0. The molecule has 1 amide bonds. The molecule has 0 bridgehead atoms. The van der Waals surface area contributed by atoms with Crippen LogP contribution in [0.2, 0.25) is 0 Å². The van der Waals surface area contributed by atoms with Crippen molar-refractivity contribution < 1.29 is 4.79 Å². The SMILES string of the molecule is CCCCn1c(=C2C(=O)N(C3CCCCC3)N=C2C)sc(=C2Sc3ccccc3N2C)c1=O. The summed E-state index contributed by atoms with van der Waals surface area (Å²) < 4.78 is 3.28. The Balaban J connectivity index is 1.67. The molecular weight excluding hydrogens is 452 g/mol. The largest absolute Gasteiger partial charge is 0.337 e. The zero-order chi connectivity index (χ0) is 23.1. The van der Waals surface area contributed by atoms with Crippen molar-refractivity contribution in [3.05, 3.63) is 43.8 Å². The lowest BCUT2D eigenvalue weighted by Gasteiger charge is -2.27. The third-order valence-corrected chi connectivity index (χ3v) is 9.28. The molecule has 1 fully saturated rings. The quantitative estimate of drug-likeness (QED) is 0.667. The van der Waals surface area contributed by atoms with Gasteiger partial charge >= 0.3 is 0 Å². The van der Waals surface area contributed by atoms with E-state index in [1.165, 1.54) is 17.8 Å². The van der Waals surface area contributed by atoms with Crippen LogP contribution in [0.5, 0.6) is 0 Å². The number of aromatic nitrogens is 1. The Morgan fingerprint density at radius 3 is 2.61 bits per heavy atom. The van der Waals surface area contributed by atoms with Crippen LogP contribution >= 0.6 is 23.1 Å². The number of amides is 1. The average molecular weight is 483 g/mol. The number of para-hydroxylation sites is 1. The summed E-state index contributed by atoms with van der Waals surface area (Å²) in [5, 5.41) is 7.33. The third kappa shape index (κ3) is 3.87. The standard InChI is InChI=1S/C25H30N4O2S2/c1-4-5-15-28-23(31)21(25-27(3)18-13-9-10-14-19(18)32-25)33-24(28)20-16(2)26-29(22(20)30)17-11-7-6-8-12-17/h9-10,13-14,17H,4-8,11-12,15H2,1-3H3. The van der Waals surface area contributed by atoms with Gasteiger partial charge in [-0.05, 0) is 38.3 Å². The van der Waals surface area contributed by atoms with Crippen LogP contribution < -0.4 is 19.7 Å². The maximum atomic E-state index is 13.7. The van der Waals surface area contributed by atoms with Crippen LogP contribution in [-0.2, 0) is 11.3 Å². The van der Waals surface area contributed by atoms with E-state index in [-0.39, 0.29) is 17.5 Å². The number of benzene rings is 1. The van der Waals surface area contributed by atoms with E-state index in [1.807, 2.05) is 30.7 Å². The van der Waals surface area contributed by atoms with E-state index in [0.29, 0.717) is 16.7 Å². The first-order chi connectivity index (χ1) is 16.0. The van der Waals surface area contributed by atoms with E-state index >= 15 is 0 Å². The Hall–Kier alpha value is -2.32. The van der Waals surface area contributed by atoms with Crippen LogP contribution in [0.3, 0.4) is 0 Å². The fourth-order valence-electron chi connectivity index (χ4n) is 4.90. The minimum atomic E-state index is -0.0434. The number of fused-ring (bicyclic) bond motifs is 1. The van der Waals surface area contributed by atoms with Gasteiger partial charge in [-0.1, -0.05) is 56.5 Å². The van der Waals surface area contributed by atoms with Gasteiger partial charge in [-0.25, -0.2) is 5.01 Å². The Morgan fingerprint density at radius 2 is 1.88 bits per heavy atom. The van der Waals surface area contributed by atoms with E-state index in [9.17, 15) is 9.59 Å². The number of thiazole rings is 1. The minimum absolute atomic E-state index is 0.00479. The lowest BCUT2D eigenvalue weighted by atomic mass is 9.95. The lowest BCUT2D eigenvalue weighted by Crippen LogP contribution is -2.38. The van der Waals surface area contributed by atoms with E-state index in [4.69, 9.17) is 0 Å². The van der Waals surface area contributed by atoms with Crippen LogP contribution in [-0.4, -0.2) is 34.3 Å². The van der Waals surface area contributed by atoms with Gasteiger partial charge in [-0.3, -0.25) is 14.2 Å². The number of carbonyl (C=O) groups excluding carboxylic acids is 1. The van der Waals surface area contributed by atoms with Crippen LogP contribution in [0, 0.1) is 0 Å². The normalized spacial score (nSPS) is 22.3. The van der Waals surface area contributed by atoms with Gasteiger partial charge in [0.05, 0.1) is 23.0 Å². The van der Waals surface area contributed by atoms with Gasteiger partial charge in [0, 0.05) is 18.5 Å². The van der Waals surface area contributed by atoms with E-state index in [1.54, 1.807) is 16.8 Å². The maximum absolute atomic E-state index is 13.7. The average Bonchev–Trinajstić information content (AvgIpc) is 3.43. The second-order valence-electron chi connectivity index (χ2n) is 8.98. The second-order valence-corrected chi connectivity index (χ2v) is 11.0. The highest BCUT2D eigenvalue weighted by molar-refractivity contribution is 8.08. The Kier molecular flexibility index (Phi) is 6.22. The van der Waals surface area contributed by atoms with Gasteiger partial charge in [0.1, 0.15) is 14.2 Å². The van der Waals surface area contributed by atoms with Crippen molar-refractivity contribution in [3.63, 3.8) is 0 Å². The summed E-state index contributed by atoms with van der Waals surface area (Å²) in [6.45, 7) is 4.64. The molecule has 0 N–H and O–H groups in total. The number of anilines is 1. The molecule has 2 aliphatic heterocycles. The number of nitrogens with zero attached hydrogens (tertiary/aromatic N) is 4. The molecule has 3 heterocycles. The first-order valence-electron chi connectivity index (χ1n) is 11.9. The monoisotopic (exact) mass is 482 g/mol. The molecule has 8 heteroatoms. The fraction of sp³-hybridized carbons (Fsp3) is 0.480. The molecular formula is C25H30N4O2S2. The molecule has 1 aromatic carbocycles. The number of carbonyl (C=O) groups is 1. The van der Waals surface area contributed by atoms with Gasteiger partial charge in [0.2, 0.25) is 0 Å². The maximum Gasteiger partial charge on any atom is 0.279 e. The molecule has 174 valence electrons. The predicted octanol–water partition coefficient (Wildman–Crippen LogP) is 3.72. The zero-order valence-corrected chi connectivity index (χ0v) is 21.1. The van der Waals surface area contributed by atoms with Gasteiger partial charge in [-0.2, -0.15) is 5.10 Å². The molecule has 33 heavy (non-hydrogen) atoms. The van der Waals surface area contributed by atoms with Gasteiger partial charge < -0.3 is 4.90 Å². The summed E-state index contributed by atoms with van der Waals surface area (Å²) >= 11 is 3.08. The second kappa shape index (κ2) is 9.14. The van der Waals surface area contributed by atoms with Crippen molar-refractivity contribution in [2.45, 2.75) is 76.3 Å². The topological polar surface area (TPSA) is 57.9 Å². The van der Waals surface area contributed by atoms with Crippen molar-refractivity contribution >= 4 is 51.0 Å². The molecule has 1 aromatic heterocycles. The van der Waals surface area contributed by atoms with Gasteiger partial charge in [0.15, 0.2) is 0 Å². The lowest BCUT2D eigenvalue weighted by molar-refractivity contribution is -0.126. The molecule has 6 nitrogen and oxygen atoms in total. The van der Waals surface area contributed by atoms with Crippen molar-refractivity contribution in [1.82, 2.24) is 9.58 Å². The zero-order valence-electron chi connectivity index (χ0n) is 19.5. The van der Waals surface area contributed by atoms with Crippen LogP contribution in [0.4, 0.5) is 5.69 Å². The number of hydrogen-bond acceptors (Lipinski definition) is 6. The van der Waals surface area contributed by atoms with E-state index in [2.05, 4.69) is 29.1 Å². The molecule has 0 atom stereocenters. The summed E-state index contributed by atoms with van der Waals surface area (Å²) in [6.07, 6.45) is 7.41. The van der Waals surface area contributed by atoms with Gasteiger partial charge in [0.25, 0.3) is 11.5 Å². The summed E-state index contributed by atoms with van der Waals surface area (Å²) in [6, 6.07) is 8.38. The van der Waals surface area contributed by atoms with Crippen LogP contribution in [0.15, 0.2) is 39.1 Å². The number of thioether (sulfide) groups is 1. The van der Waals surface area contributed by atoms with Crippen molar-refractivity contribution in [2.75, 3.05) is 11.9 Å². The van der Waals surface area contributed by atoms with Crippen LogP contribution in [0.25, 0.3) is 10.6 Å². The first kappa shape index (κ1) is 22.5. The van der Waals surface area contributed by atoms with Crippen molar-refractivity contribution in [2.24, 2.45) is 5.10 Å². The fourth-order valence-corrected chi connectivity index (χ4v) is 7.46. The molecule has 0 unspecified atom stereocenters. The highest BCUT2D eigenvalue weighted by Crippen LogP contribution is 2.45. The molecule has 0 spiro atoms. The molecule has 0 saturated heterocycles. The highest BCUT2D eigenvalue weighted by Gasteiger charge is 2.35. The number of hydrazone groups is 1. The summed E-state index contributed by atoms with van der Waals surface area (Å²) in [4.78, 5) is 30.5. The predicted molar refractivity (Wildman–Crippen MR) is 137 cm³/mol. The van der Waals surface area contributed by atoms with Crippen molar-refractivity contribution in [3.8, 4) is 0 Å². The highest BCUT2D eigenvalue weighted by atomic mass is 32.2. The molecule has 1 aliphatic carbocycles. The molecule has 5 rings (SSSR count). The molecule has 0 radical (unpaired) electrons. The first-order valence-corrected chi connectivity index (χ1v) is 13.5. The Morgan fingerprint density at radius 1 is 1.12 bits per heavy atom. The van der Waals surface area contributed by atoms with Crippen LogP contribution in [0.1, 0.15) is 58.8 Å². The summed E-state index contributed by atoms with van der Waals surface area (Å²) in [7, 11) is 2.01. The van der Waals surface area contributed by atoms with Gasteiger partial charge in [-0.15, -0.1) is 11.3 Å². The number of rotatable bonds is 4. The summed E-state index contributed by atoms with van der Waals surface area (Å²) in [5.41, 5.74) is 2.44. The molecule has 1 saturated carbocycles.